The summed E-state index contributed by atoms with van der Waals surface area (Å²) < 4.78 is 11.1. The van der Waals surface area contributed by atoms with E-state index < -0.39 is 5.97 Å². The molecule has 0 unspecified atom stereocenters. The normalized spacial score (nSPS) is 15.8. The highest BCUT2D eigenvalue weighted by atomic mass is 16.5. The zero-order valence-corrected chi connectivity index (χ0v) is 17.9. The van der Waals surface area contributed by atoms with Gasteiger partial charge in [0.1, 0.15) is 11.5 Å². The molecule has 0 bridgehead atoms. The van der Waals surface area contributed by atoms with E-state index in [1.54, 1.807) is 18.2 Å². The van der Waals surface area contributed by atoms with E-state index in [9.17, 15) is 9.59 Å². The molecule has 0 saturated carbocycles. The summed E-state index contributed by atoms with van der Waals surface area (Å²) >= 11 is 0. The smallest absolute Gasteiger partial charge is 0.337 e. The van der Waals surface area contributed by atoms with Crippen LogP contribution in [0.4, 0.5) is 11.4 Å². The Labute approximate surface area is 186 Å². The number of nitrogens with one attached hydrogen (secondary N) is 2. The third-order valence-electron chi connectivity index (χ3n) is 6.05. The molecule has 2 heterocycles. The third kappa shape index (κ3) is 3.68. The zero-order chi connectivity index (χ0) is 22.1. The fourth-order valence-electron chi connectivity index (χ4n) is 4.42. The summed E-state index contributed by atoms with van der Waals surface area (Å²) in [5, 5.41) is 6.35. The van der Waals surface area contributed by atoms with E-state index in [4.69, 9.17) is 9.15 Å². The summed E-state index contributed by atoms with van der Waals surface area (Å²) in [6.07, 6.45) is 5.93. The molecule has 0 saturated heterocycles. The Morgan fingerprint density at radius 3 is 2.78 bits per heavy atom. The van der Waals surface area contributed by atoms with Crippen LogP contribution in [0.25, 0.3) is 11.6 Å². The Bertz CT molecular complexity index is 1220. The molecule has 162 valence electrons. The lowest BCUT2D eigenvalue weighted by molar-refractivity contribution is -0.110. The van der Waals surface area contributed by atoms with Gasteiger partial charge in [0.05, 0.1) is 18.2 Å². The molecule has 0 atom stereocenters. The number of furan rings is 1. The Hall–Kier alpha value is -3.80. The first kappa shape index (κ1) is 20.1. The summed E-state index contributed by atoms with van der Waals surface area (Å²) in [4.78, 5) is 24.8. The van der Waals surface area contributed by atoms with Gasteiger partial charge in [-0.3, -0.25) is 4.79 Å². The van der Waals surface area contributed by atoms with Crippen molar-refractivity contribution in [3.8, 4) is 0 Å². The van der Waals surface area contributed by atoms with E-state index in [1.165, 1.54) is 12.7 Å². The van der Waals surface area contributed by atoms with Crippen molar-refractivity contribution in [1.29, 1.82) is 0 Å². The topological polar surface area (TPSA) is 80.6 Å². The number of amides is 1. The summed E-state index contributed by atoms with van der Waals surface area (Å²) in [6, 6.07) is 15.1. The largest absolute Gasteiger partial charge is 0.465 e. The van der Waals surface area contributed by atoms with Gasteiger partial charge >= 0.3 is 5.97 Å². The molecule has 1 aromatic heterocycles. The number of anilines is 2. The van der Waals surface area contributed by atoms with Gasteiger partial charge in [0.15, 0.2) is 0 Å². The number of para-hydroxylation sites is 1. The minimum atomic E-state index is -0.437. The molecule has 2 aromatic carbocycles. The maximum absolute atomic E-state index is 12.8. The summed E-state index contributed by atoms with van der Waals surface area (Å²) in [7, 11) is 1.34. The molecule has 1 amide bonds. The summed E-state index contributed by atoms with van der Waals surface area (Å²) in [5.74, 6) is 1.06. The van der Waals surface area contributed by atoms with Crippen LogP contribution in [0.15, 0.2) is 52.9 Å². The minimum Gasteiger partial charge on any atom is -0.465 e. The number of hydrogen-bond acceptors (Lipinski definition) is 5. The molecule has 0 spiro atoms. The fourth-order valence-corrected chi connectivity index (χ4v) is 4.42. The molecular formula is C26H24N2O4. The highest BCUT2D eigenvalue weighted by Crippen LogP contribution is 2.37. The van der Waals surface area contributed by atoms with Crippen LogP contribution in [0.3, 0.4) is 0 Å². The highest BCUT2D eigenvalue weighted by Gasteiger charge is 2.28. The number of methoxy groups -OCH3 is 1. The van der Waals surface area contributed by atoms with Crippen molar-refractivity contribution in [2.45, 2.75) is 32.2 Å². The third-order valence-corrected chi connectivity index (χ3v) is 6.05. The quantitative estimate of drug-likeness (QED) is 0.439. The molecular weight excluding hydrogens is 404 g/mol. The maximum Gasteiger partial charge on any atom is 0.337 e. The highest BCUT2D eigenvalue weighted by molar-refractivity contribution is 6.35. The van der Waals surface area contributed by atoms with Gasteiger partial charge in [-0.05, 0) is 61.2 Å². The van der Waals surface area contributed by atoms with Crippen molar-refractivity contribution in [2.75, 3.05) is 17.7 Å². The average Bonchev–Trinajstić information content (AvgIpc) is 3.34. The monoisotopic (exact) mass is 428 g/mol. The van der Waals surface area contributed by atoms with Crippen LogP contribution in [0.2, 0.25) is 0 Å². The van der Waals surface area contributed by atoms with Crippen LogP contribution in [-0.4, -0.2) is 19.0 Å². The van der Waals surface area contributed by atoms with E-state index in [1.807, 2.05) is 36.4 Å². The SMILES string of the molecule is COC(=O)c1ccc2c(c1)C(=Cc1oc3c(c1CNc1ccccc1)CCCC3)C(=O)N2. The molecule has 1 aliphatic carbocycles. The molecule has 5 rings (SSSR count). The summed E-state index contributed by atoms with van der Waals surface area (Å²) in [6.45, 7) is 0.610. The van der Waals surface area contributed by atoms with Crippen LogP contribution >= 0.6 is 0 Å². The Morgan fingerprint density at radius 1 is 1.16 bits per heavy atom. The first-order valence-electron chi connectivity index (χ1n) is 10.8. The van der Waals surface area contributed by atoms with Gasteiger partial charge in [0.25, 0.3) is 5.91 Å². The van der Waals surface area contributed by atoms with Gasteiger partial charge in [-0.2, -0.15) is 0 Å². The number of fused-ring (bicyclic) bond motifs is 2. The van der Waals surface area contributed by atoms with Crippen molar-refractivity contribution in [3.05, 3.63) is 82.3 Å². The van der Waals surface area contributed by atoms with Gasteiger partial charge in [0, 0.05) is 35.5 Å². The van der Waals surface area contributed by atoms with E-state index >= 15 is 0 Å². The molecule has 32 heavy (non-hydrogen) atoms. The first-order chi connectivity index (χ1) is 15.6. The number of benzene rings is 2. The van der Waals surface area contributed by atoms with Gasteiger partial charge < -0.3 is 19.8 Å². The molecule has 0 fully saturated rings. The molecule has 6 nitrogen and oxygen atoms in total. The Kier molecular flexibility index (Phi) is 5.27. The molecule has 1 aliphatic heterocycles. The van der Waals surface area contributed by atoms with E-state index in [2.05, 4.69) is 10.6 Å². The number of ether oxygens (including phenoxy) is 1. The van der Waals surface area contributed by atoms with Crippen molar-refractivity contribution in [1.82, 2.24) is 0 Å². The average molecular weight is 428 g/mol. The van der Waals surface area contributed by atoms with Gasteiger partial charge in [-0.15, -0.1) is 0 Å². The number of rotatable bonds is 5. The lowest BCUT2D eigenvalue weighted by Gasteiger charge is -2.12. The van der Waals surface area contributed by atoms with Crippen LogP contribution in [-0.2, 0) is 28.9 Å². The molecule has 2 N–H and O–H groups in total. The second kappa shape index (κ2) is 8.38. The zero-order valence-electron chi connectivity index (χ0n) is 17.9. The lowest BCUT2D eigenvalue weighted by atomic mass is 9.94. The number of carbonyl (C=O) groups excluding carboxylic acids is 2. The lowest BCUT2D eigenvalue weighted by Crippen LogP contribution is -2.06. The van der Waals surface area contributed by atoms with E-state index in [-0.39, 0.29) is 5.91 Å². The predicted octanol–water partition coefficient (Wildman–Crippen LogP) is 5.05. The van der Waals surface area contributed by atoms with E-state index in [0.29, 0.717) is 34.7 Å². The molecule has 2 aliphatic rings. The number of aryl methyl sites for hydroxylation is 1. The number of esters is 1. The van der Waals surface area contributed by atoms with E-state index in [0.717, 1.165) is 42.7 Å². The molecule has 0 radical (unpaired) electrons. The van der Waals surface area contributed by atoms with Crippen molar-refractivity contribution >= 4 is 34.9 Å². The second-order valence-electron chi connectivity index (χ2n) is 8.04. The van der Waals surface area contributed by atoms with Crippen LogP contribution in [0.1, 0.15) is 51.4 Å². The minimum absolute atomic E-state index is 0.210. The van der Waals surface area contributed by atoms with Crippen LogP contribution in [0, 0.1) is 0 Å². The molecule has 3 aromatic rings. The van der Waals surface area contributed by atoms with Crippen molar-refractivity contribution < 1.29 is 18.7 Å². The second-order valence-corrected chi connectivity index (χ2v) is 8.04. The fraction of sp³-hybridized carbons (Fsp3) is 0.231. The van der Waals surface area contributed by atoms with Gasteiger partial charge in [-0.25, -0.2) is 4.79 Å². The van der Waals surface area contributed by atoms with Crippen LogP contribution < -0.4 is 10.6 Å². The number of carbonyl (C=O) groups is 2. The summed E-state index contributed by atoms with van der Waals surface area (Å²) in [5.41, 5.74) is 5.60. The standard InChI is InChI=1S/C26H24N2O4/c1-31-26(30)16-11-12-22-19(13-16)20(25(29)28-22)14-24-21(15-27-17-7-3-2-4-8-17)18-9-5-6-10-23(18)32-24/h2-4,7-8,11-14,27H,5-6,9-10,15H2,1H3,(H,28,29). The first-order valence-corrected chi connectivity index (χ1v) is 10.8. The van der Waals surface area contributed by atoms with Gasteiger partial charge in [0.2, 0.25) is 0 Å². The molecule has 6 heteroatoms. The van der Waals surface area contributed by atoms with Crippen LogP contribution in [0.5, 0.6) is 0 Å². The predicted molar refractivity (Wildman–Crippen MR) is 123 cm³/mol. The number of hydrogen-bond donors (Lipinski definition) is 2. The Balaban J connectivity index is 1.55. The van der Waals surface area contributed by atoms with Crippen molar-refractivity contribution in [2.24, 2.45) is 0 Å². The van der Waals surface area contributed by atoms with Crippen molar-refractivity contribution in [3.63, 3.8) is 0 Å². The maximum atomic E-state index is 12.8. The Morgan fingerprint density at radius 2 is 1.97 bits per heavy atom. The van der Waals surface area contributed by atoms with Gasteiger partial charge in [-0.1, -0.05) is 18.2 Å².